The van der Waals surface area contributed by atoms with Gasteiger partial charge in [-0.15, -0.1) is 0 Å². The standard InChI is InChI=1S/C13H21NO2/c1-13(2,16-3)8-10-5-4-6-11(7-10)12(14)9-15/h4-7,12,15H,8-9,14H2,1-3H3. The third-order valence-electron chi connectivity index (χ3n) is 2.76. The number of aliphatic hydroxyl groups excluding tert-OH is 1. The van der Waals surface area contributed by atoms with E-state index in [0.29, 0.717) is 0 Å². The quantitative estimate of drug-likeness (QED) is 0.798. The summed E-state index contributed by atoms with van der Waals surface area (Å²) >= 11 is 0. The van der Waals surface area contributed by atoms with E-state index in [1.165, 1.54) is 5.56 Å². The molecule has 0 aliphatic rings. The summed E-state index contributed by atoms with van der Waals surface area (Å²) in [7, 11) is 1.71. The Kier molecular flexibility index (Phi) is 4.47. The molecule has 0 bridgehead atoms. The topological polar surface area (TPSA) is 55.5 Å². The molecule has 1 unspecified atom stereocenters. The number of nitrogens with two attached hydrogens (primary N) is 1. The number of methoxy groups -OCH3 is 1. The van der Waals surface area contributed by atoms with Crippen molar-refractivity contribution in [1.29, 1.82) is 0 Å². The van der Waals surface area contributed by atoms with Crippen LogP contribution in [0.15, 0.2) is 24.3 Å². The molecule has 90 valence electrons. The Bertz CT molecular complexity index is 336. The van der Waals surface area contributed by atoms with Gasteiger partial charge in [-0.3, -0.25) is 0 Å². The molecule has 3 heteroatoms. The average Bonchev–Trinajstić information content (AvgIpc) is 2.28. The largest absolute Gasteiger partial charge is 0.394 e. The summed E-state index contributed by atoms with van der Waals surface area (Å²) in [6, 6.07) is 7.68. The van der Waals surface area contributed by atoms with Crippen LogP contribution in [0.25, 0.3) is 0 Å². The van der Waals surface area contributed by atoms with E-state index in [0.717, 1.165) is 12.0 Å². The van der Waals surface area contributed by atoms with E-state index in [-0.39, 0.29) is 18.2 Å². The molecule has 3 N–H and O–H groups in total. The van der Waals surface area contributed by atoms with E-state index < -0.39 is 0 Å². The van der Waals surface area contributed by atoms with Gasteiger partial charge in [-0.05, 0) is 25.0 Å². The summed E-state index contributed by atoms with van der Waals surface area (Å²) in [6.45, 7) is 4.06. The second-order valence-electron chi connectivity index (χ2n) is 4.67. The first-order valence-electron chi connectivity index (χ1n) is 5.49. The van der Waals surface area contributed by atoms with Crippen molar-refractivity contribution in [2.24, 2.45) is 5.73 Å². The Labute approximate surface area is 97.2 Å². The van der Waals surface area contributed by atoms with E-state index in [1.807, 2.05) is 38.1 Å². The first-order valence-corrected chi connectivity index (χ1v) is 5.49. The molecular formula is C13H21NO2. The smallest absolute Gasteiger partial charge is 0.0662 e. The zero-order valence-corrected chi connectivity index (χ0v) is 10.2. The number of hydrogen-bond acceptors (Lipinski definition) is 3. The van der Waals surface area contributed by atoms with Crippen LogP contribution in [0.4, 0.5) is 0 Å². The van der Waals surface area contributed by atoms with Crippen molar-refractivity contribution in [3.8, 4) is 0 Å². The van der Waals surface area contributed by atoms with E-state index in [2.05, 4.69) is 0 Å². The van der Waals surface area contributed by atoms with Crippen LogP contribution in [-0.2, 0) is 11.2 Å². The summed E-state index contributed by atoms with van der Waals surface area (Å²) in [5.41, 5.74) is 7.74. The third-order valence-corrected chi connectivity index (χ3v) is 2.76. The predicted molar refractivity (Wildman–Crippen MR) is 65.2 cm³/mol. The van der Waals surface area contributed by atoms with Crippen LogP contribution in [0.2, 0.25) is 0 Å². The minimum absolute atomic E-state index is 0.0306. The van der Waals surface area contributed by atoms with Gasteiger partial charge in [0.05, 0.1) is 18.2 Å². The van der Waals surface area contributed by atoms with E-state index in [4.69, 9.17) is 15.6 Å². The van der Waals surface area contributed by atoms with E-state index in [9.17, 15) is 0 Å². The van der Waals surface area contributed by atoms with Crippen LogP contribution in [-0.4, -0.2) is 24.4 Å². The molecule has 1 aromatic rings. The molecule has 1 rings (SSSR count). The summed E-state index contributed by atoms with van der Waals surface area (Å²) < 4.78 is 5.39. The molecule has 3 nitrogen and oxygen atoms in total. The van der Waals surface area contributed by atoms with E-state index in [1.54, 1.807) is 7.11 Å². The minimum atomic E-state index is -0.300. The maximum Gasteiger partial charge on any atom is 0.0662 e. The number of ether oxygens (including phenoxy) is 1. The zero-order valence-electron chi connectivity index (χ0n) is 10.2. The third kappa shape index (κ3) is 3.59. The maximum absolute atomic E-state index is 9.01. The fraction of sp³-hybridized carbons (Fsp3) is 0.538. The summed E-state index contributed by atoms with van der Waals surface area (Å²) in [5.74, 6) is 0. The Hall–Kier alpha value is -0.900. The first kappa shape index (κ1) is 13.2. The number of hydrogen-bond donors (Lipinski definition) is 2. The van der Waals surface area contributed by atoms with Crippen molar-refractivity contribution in [1.82, 2.24) is 0 Å². The predicted octanol–water partition coefficient (Wildman–Crippen LogP) is 1.65. The van der Waals surface area contributed by atoms with Gasteiger partial charge in [0, 0.05) is 13.5 Å². The van der Waals surface area contributed by atoms with Crippen LogP contribution < -0.4 is 5.73 Å². The molecule has 0 heterocycles. The normalized spacial score (nSPS) is 13.8. The highest BCUT2D eigenvalue weighted by Crippen LogP contribution is 2.19. The molecule has 0 saturated carbocycles. The van der Waals surface area contributed by atoms with Gasteiger partial charge in [0.2, 0.25) is 0 Å². The molecule has 0 fully saturated rings. The highest BCUT2D eigenvalue weighted by molar-refractivity contribution is 5.27. The second-order valence-corrected chi connectivity index (χ2v) is 4.67. The van der Waals surface area contributed by atoms with Crippen molar-refractivity contribution >= 4 is 0 Å². The lowest BCUT2D eigenvalue weighted by molar-refractivity contribution is 0.0232. The van der Waals surface area contributed by atoms with Crippen molar-refractivity contribution in [2.45, 2.75) is 31.9 Å². The number of benzene rings is 1. The highest BCUT2D eigenvalue weighted by Gasteiger charge is 2.17. The molecule has 1 atom stereocenters. The van der Waals surface area contributed by atoms with Crippen LogP contribution in [0, 0.1) is 0 Å². The summed E-state index contributed by atoms with van der Waals surface area (Å²) in [5, 5.41) is 9.01. The lowest BCUT2D eigenvalue weighted by Crippen LogP contribution is -2.25. The maximum atomic E-state index is 9.01. The fourth-order valence-electron chi connectivity index (χ4n) is 1.60. The second kappa shape index (κ2) is 5.43. The number of aliphatic hydroxyl groups is 1. The molecule has 0 saturated heterocycles. The SMILES string of the molecule is COC(C)(C)Cc1cccc(C(N)CO)c1. The Morgan fingerprint density at radius 1 is 1.44 bits per heavy atom. The van der Waals surface area contributed by atoms with Gasteiger partial charge in [-0.25, -0.2) is 0 Å². The van der Waals surface area contributed by atoms with Crippen molar-refractivity contribution < 1.29 is 9.84 Å². The molecule has 16 heavy (non-hydrogen) atoms. The van der Waals surface area contributed by atoms with Crippen LogP contribution >= 0.6 is 0 Å². The fourth-order valence-corrected chi connectivity index (χ4v) is 1.60. The Morgan fingerprint density at radius 3 is 2.69 bits per heavy atom. The van der Waals surface area contributed by atoms with Crippen molar-refractivity contribution in [3.05, 3.63) is 35.4 Å². The van der Waals surface area contributed by atoms with Gasteiger partial charge in [-0.2, -0.15) is 0 Å². The zero-order chi connectivity index (χ0) is 12.2. The van der Waals surface area contributed by atoms with Crippen LogP contribution in [0.5, 0.6) is 0 Å². The lowest BCUT2D eigenvalue weighted by atomic mass is 9.95. The Morgan fingerprint density at radius 2 is 2.12 bits per heavy atom. The molecule has 0 aliphatic carbocycles. The molecule has 1 aromatic carbocycles. The summed E-state index contributed by atoms with van der Waals surface area (Å²) in [4.78, 5) is 0. The van der Waals surface area contributed by atoms with Gasteiger partial charge in [-0.1, -0.05) is 24.3 Å². The van der Waals surface area contributed by atoms with Gasteiger partial charge in [0.15, 0.2) is 0 Å². The molecule has 0 amide bonds. The first-order chi connectivity index (χ1) is 7.48. The number of rotatable bonds is 5. The summed E-state index contributed by atoms with van der Waals surface area (Å²) in [6.07, 6.45) is 0.829. The van der Waals surface area contributed by atoms with Crippen molar-refractivity contribution in [3.63, 3.8) is 0 Å². The monoisotopic (exact) mass is 223 g/mol. The molecule has 0 aromatic heterocycles. The van der Waals surface area contributed by atoms with Crippen LogP contribution in [0.3, 0.4) is 0 Å². The van der Waals surface area contributed by atoms with Crippen molar-refractivity contribution in [2.75, 3.05) is 13.7 Å². The van der Waals surface area contributed by atoms with Gasteiger partial charge in [0.1, 0.15) is 0 Å². The van der Waals surface area contributed by atoms with E-state index >= 15 is 0 Å². The highest BCUT2D eigenvalue weighted by atomic mass is 16.5. The minimum Gasteiger partial charge on any atom is -0.394 e. The molecule has 0 spiro atoms. The van der Waals surface area contributed by atoms with Gasteiger partial charge in [0.25, 0.3) is 0 Å². The molecule has 0 radical (unpaired) electrons. The average molecular weight is 223 g/mol. The molecular weight excluding hydrogens is 202 g/mol. The van der Waals surface area contributed by atoms with Gasteiger partial charge < -0.3 is 15.6 Å². The molecule has 0 aliphatic heterocycles. The lowest BCUT2D eigenvalue weighted by Gasteiger charge is -2.23. The van der Waals surface area contributed by atoms with Crippen LogP contribution in [0.1, 0.15) is 31.0 Å². The van der Waals surface area contributed by atoms with Gasteiger partial charge >= 0.3 is 0 Å². The Balaban J connectivity index is 2.82.